The Bertz CT molecular complexity index is 879. The lowest BCUT2D eigenvalue weighted by molar-refractivity contribution is 0.160. The van der Waals surface area contributed by atoms with Gasteiger partial charge in [-0.15, -0.1) is 0 Å². The minimum atomic E-state index is -0.781. The second-order valence-electron chi connectivity index (χ2n) is 8.79. The molecular weight excluding hydrogens is 447 g/mol. The average Bonchev–Trinajstić information content (AvgIpc) is 2.76. The molecule has 2 aromatic rings. The summed E-state index contributed by atoms with van der Waals surface area (Å²) in [5.41, 5.74) is 8.57. The van der Waals surface area contributed by atoms with Crippen molar-refractivity contribution >= 4 is 40.6 Å². The van der Waals surface area contributed by atoms with Crippen LogP contribution in [0.15, 0.2) is 42.5 Å². The van der Waals surface area contributed by atoms with E-state index in [0.717, 1.165) is 24.9 Å². The summed E-state index contributed by atoms with van der Waals surface area (Å²) in [6.07, 6.45) is 1.72. The van der Waals surface area contributed by atoms with Crippen molar-refractivity contribution < 1.29 is 9.90 Å². The van der Waals surface area contributed by atoms with E-state index in [9.17, 15) is 9.90 Å². The molecule has 1 aliphatic rings. The van der Waals surface area contributed by atoms with Gasteiger partial charge in [0, 0.05) is 24.8 Å². The topological polar surface area (TPSA) is 90.6 Å². The van der Waals surface area contributed by atoms with E-state index < -0.39 is 6.23 Å². The van der Waals surface area contributed by atoms with Gasteiger partial charge in [0.1, 0.15) is 6.23 Å². The summed E-state index contributed by atoms with van der Waals surface area (Å²) in [7, 11) is 0. The molecule has 5 N–H and O–H groups in total. The van der Waals surface area contributed by atoms with Crippen LogP contribution in [0.25, 0.3) is 0 Å². The Labute approximate surface area is 200 Å². The van der Waals surface area contributed by atoms with Crippen molar-refractivity contribution in [2.45, 2.75) is 51.3 Å². The molecule has 0 aromatic heterocycles. The molecule has 0 spiro atoms. The second-order valence-corrected chi connectivity index (χ2v) is 9.61. The summed E-state index contributed by atoms with van der Waals surface area (Å²) in [6.45, 7) is 5.48. The first kappa shape index (κ1) is 24.6. The standard InChI is InChI=1S/C24H32Cl2N4O2/c1-15(2)14-21(27)23(31)28-18-8-6-16(7-9-18)17-10-12-30(13-11-17)24(32)29-22-19(25)4-3-5-20(22)26/h3-9,15,17,21,23,28,31H,10-14,27H2,1-2H3,(H,29,32). The Morgan fingerprint density at radius 3 is 2.28 bits per heavy atom. The summed E-state index contributed by atoms with van der Waals surface area (Å²) < 4.78 is 0. The maximum absolute atomic E-state index is 12.6. The van der Waals surface area contributed by atoms with Crippen molar-refractivity contribution in [3.8, 4) is 0 Å². The van der Waals surface area contributed by atoms with E-state index in [1.807, 2.05) is 12.1 Å². The van der Waals surface area contributed by atoms with Crippen molar-refractivity contribution in [3.63, 3.8) is 0 Å². The van der Waals surface area contributed by atoms with Gasteiger partial charge in [0.2, 0.25) is 0 Å². The summed E-state index contributed by atoms with van der Waals surface area (Å²) in [4.78, 5) is 14.4. The molecule has 2 atom stereocenters. The summed E-state index contributed by atoms with van der Waals surface area (Å²) >= 11 is 12.3. The van der Waals surface area contributed by atoms with Crippen LogP contribution in [-0.4, -0.2) is 41.4 Å². The van der Waals surface area contributed by atoms with Crippen LogP contribution in [-0.2, 0) is 0 Å². The minimum Gasteiger partial charge on any atom is -0.372 e. The number of nitrogens with zero attached hydrogens (tertiary/aromatic N) is 1. The molecule has 1 fully saturated rings. The fourth-order valence-electron chi connectivity index (χ4n) is 4.02. The van der Waals surface area contributed by atoms with E-state index in [-0.39, 0.29) is 12.1 Å². The number of hydrogen-bond donors (Lipinski definition) is 4. The average molecular weight is 479 g/mol. The van der Waals surface area contributed by atoms with Crippen molar-refractivity contribution in [2.75, 3.05) is 23.7 Å². The zero-order valence-electron chi connectivity index (χ0n) is 18.5. The smallest absolute Gasteiger partial charge is 0.321 e. The monoisotopic (exact) mass is 478 g/mol. The number of benzene rings is 2. The molecule has 2 aromatic carbocycles. The molecule has 0 aliphatic carbocycles. The van der Waals surface area contributed by atoms with Crippen LogP contribution >= 0.6 is 23.2 Å². The molecule has 6 nitrogen and oxygen atoms in total. The number of rotatable bonds is 7. The van der Waals surface area contributed by atoms with Gasteiger partial charge in [-0.1, -0.05) is 55.2 Å². The maximum Gasteiger partial charge on any atom is 0.321 e. The number of amides is 2. The molecular formula is C24H32Cl2N4O2. The number of urea groups is 1. The molecule has 8 heteroatoms. The molecule has 1 saturated heterocycles. The Hall–Kier alpha value is -1.99. The van der Waals surface area contributed by atoms with Crippen molar-refractivity contribution in [2.24, 2.45) is 11.7 Å². The molecule has 174 valence electrons. The normalized spacial score (nSPS) is 16.7. The fourth-order valence-corrected chi connectivity index (χ4v) is 4.51. The van der Waals surface area contributed by atoms with Gasteiger partial charge in [0.25, 0.3) is 0 Å². The Morgan fingerprint density at radius 2 is 1.72 bits per heavy atom. The number of aliphatic hydroxyl groups is 1. The van der Waals surface area contributed by atoms with E-state index in [1.54, 1.807) is 23.1 Å². The van der Waals surface area contributed by atoms with E-state index in [4.69, 9.17) is 28.9 Å². The van der Waals surface area contributed by atoms with Crippen LogP contribution in [0.3, 0.4) is 0 Å². The molecule has 3 rings (SSSR count). The molecule has 1 heterocycles. The van der Waals surface area contributed by atoms with E-state index in [0.29, 0.717) is 40.7 Å². The number of aliphatic hydroxyl groups excluding tert-OH is 1. The highest BCUT2D eigenvalue weighted by atomic mass is 35.5. The van der Waals surface area contributed by atoms with Gasteiger partial charge in [-0.2, -0.15) is 0 Å². The number of nitrogens with one attached hydrogen (secondary N) is 2. The maximum atomic E-state index is 12.6. The summed E-state index contributed by atoms with van der Waals surface area (Å²) in [5, 5.41) is 17.0. The molecule has 32 heavy (non-hydrogen) atoms. The number of nitrogens with two attached hydrogens (primary N) is 1. The summed E-state index contributed by atoms with van der Waals surface area (Å²) in [6, 6.07) is 12.7. The molecule has 2 amide bonds. The third kappa shape index (κ3) is 6.51. The molecule has 2 unspecified atom stereocenters. The third-order valence-corrected chi connectivity index (χ3v) is 6.45. The minimum absolute atomic E-state index is 0.190. The quantitative estimate of drug-likeness (QED) is 0.394. The van der Waals surface area contributed by atoms with E-state index in [2.05, 4.69) is 36.6 Å². The van der Waals surface area contributed by atoms with Crippen LogP contribution in [0.1, 0.15) is 44.6 Å². The van der Waals surface area contributed by atoms with Crippen LogP contribution in [0, 0.1) is 5.92 Å². The van der Waals surface area contributed by atoms with Crippen molar-refractivity contribution in [1.29, 1.82) is 0 Å². The zero-order chi connectivity index (χ0) is 23.3. The highest BCUT2D eigenvalue weighted by molar-refractivity contribution is 6.39. The number of likely N-dealkylation sites (tertiary alicyclic amines) is 1. The first-order valence-electron chi connectivity index (χ1n) is 11.0. The largest absolute Gasteiger partial charge is 0.372 e. The van der Waals surface area contributed by atoms with Gasteiger partial charge < -0.3 is 26.4 Å². The number of anilines is 2. The van der Waals surface area contributed by atoms with Crippen LogP contribution in [0.5, 0.6) is 0 Å². The fraction of sp³-hybridized carbons (Fsp3) is 0.458. The van der Waals surface area contributed by atoms with Gasteiger partial charge in [-0.25, -0.2) is 4.79 Å². The van der Waals surface area contributed by atoms with E-state index >= 15 is 0 Å². The number of piperidine rings is 1. The first-order valence-corrected chi connectivity index (χ1v) is 11.8. The lowest BCUT2D eigenvalue weighted by atomic mass is 9.89. The number of carbonyl (C=O) groups is 1. The van der Waals surface area contributed by atoms with Crippen molar-refractivity contribution in [1.82, 2.24) is 4.90 Å². The van der Waals surface area contributed by atoms with Gasteiger partial charge in [-0.3, -0.25) is 0 Å². The molecule has 0 saturated carbocycles. The lowest BCUT2D eigenvalue weighted by Gasteiger charge is -2.32. The van der Waals surface area contributed by atoms with Gasteiger partial charge in [0.05, 0.1) is 15.7 Å². The molecule has 0 radical (unpaired) electrons. The zero-order valence-corrected chi connectivity index (χ0v) is 20.0. The number of halogens is 2. The second kappa shape index (κ2) is 11.2. The van der Waals surface area contributed by atoms with Crippen LogP contribution in [0.2, 0.25) is 10.0 Å². The Balaban J connectivity index is 1.51. The highest BCUT2D eigenvalue weighted by Gasteiger charge is 2.25. The first-order chi connectivity index (χ1) is 15.2. The van der Waals surface area contributed by atoms with Crippen LogP contribution < -0.4 is 16.4 Å². The van der Waals surface area contributed by atoms with Crippen molar-refractivity contribution in [3.05, 3.63) is 58.1 Å². The molecule has 0 bridgehead atoms. The predicted molar refractivity (Wildman–Crippen MR) is 133 cm³/mol. The molecule has 1 aliphatic heterocycles. The van der Waals surface area contributed by atoms with Gasteiger partial charge in [0.15, 0.2) is 0 Å². The van der Waals surface area contributed by atoms with Crippen LogP contribution in [0.4, 0.5) is 16.2 Å². The summed E-state index contributed by atoms with van der Waals surface area (Å²) in [5.74, 6) is 0.809. The van der Waals surface area contributed by atoms with E-state index in [1.165, 1.54) is 5.56 Å². The van der Waals surface area contributed by atoms with Gasteiger partial charge >= 0.3 is 6.03 Å². The predicted octanol–water partition coefficient (Wildman–Crippen LogP) is 5.51. The highest BCUT2D eigenvalue weighted by Crippen LogP contribution is 2.32. The lowest BCUT2D eigenvalue weighted by Crippen LogP contribution is -2.41. The van der Waals surface area contributed by atoms with Gasteiger partial charge in [-0.05, 0) is 60.9 Å². The third-order valence-electron chi connectivity index (χ3n) is 5.82. The Kier molecular flexibility index (Phi) is 8.65. The number of carbonyl (C=O) groups excluding carboxylic acids is 1. The number of hydrogen-bond acceptors (Lipinski definition) is 4. The Morgan fingerprint density at radius 1 is 1.12 bits per heavy atom. The SMILES string of the molecule is CC(C)CC(N)C(O)Nc1ccc(C2CCN(C(=O)Nc3c(Cl)cccc3Cl)CC2)cc1. The number of para-hydroxylation sites is 1.